The summed E-state index contributed by atoms with van der Waals surface area (Å²) in [6, 6.07) is 5.53. The summed E-state index contributed by atoms with van der Waals surface area (Å²) in [5, 5.41) is 2.81. The first-order chi connectivity index (χ1) is 11.1. The molecule has 0 aliphatic carbocycles. The molecule has 0 saturated carbocycles. The first-order valence-electron chi connectivity index (χ1n) is 7.89. The Morgan fingerprint density at radius 1 is 1.22 bits per heavy atom. The molecule has 0 bridgehead atoms. The summed E-state index contributed by atoms with van der Waals surface area (Å²) >= 11 is 0. The van der Waals surface area contributed by atoms with Crippen molar-refractivity contribution in [2.24, 2.45) is 5.73 Å². The van der Waals surface area contributed by atoms with Crippen LogP contribution in [-0.2, 0) is 4.79 Å². The van der Waals surface area contributed by atoms with E-state index in [4.69, 9.17) is 5.73 Å². The van der Waals surface area contributed by atoms with Crippen LogP contribution in [0.4, 0.5) is 9.18 Å². The average Bonchev–Trinajstić information content (AvgIpc) is 2.96. The van der Waals surface area contributed by atoms with Gasteiger partial charge in [-0.05, 0) is 30.5 Å². The van der Waals surface area contributed by atoms with E-state index in [0.29, 0.717) is 25.2 Å². The highest BCUT2D eigenvalue weighted by atomic mass is 19.1. The lowest BCUT2D eigenvalue weighted by molar-refractivity contribution is -0.124. The Labute approximate surface area is 134 Å². The highest BCUT2D eigenvalue weighted by Crippen LogP contribution is 2.27. The number of hydrogen-bond donors (Lipinski definition) is 2. The number of benzene rings is 1. The first kappa shape index (κ1) is 15.7. The van der Waals surface area contributed by atoms with Crippen molar-refractivity contribution in [2.45, 2.75) is 24.9 Å². The Morgan fingerprint density at radius 2 is 1.87 bits per heavy atom. The zero-order valence-electron chi connectivity index (χ0n) is 12.9. The fraction of sp³-hybridized carbons (Fsp3) is 0.500. The lowest BCUT2D eigenvalue weighted by atomic mass is 9.98. The number of rotatable bonds is 4. The van der Waals surface area contributed by atoms with Crippen molar-refractivity contribution in [2.75, 3.05) is 26.2 Å². The lowest BCUT2D eigenvalue weighted by Crippen LogP contribution is -2.49. The van der Waals surface area contributed by atoms with Crippen molar-refractivity contribution < 1.29 is 14.0 Å². The third-order valence-electron chi connectivity index (χ3n) is 4.65. The molecule has 3 rings (SSSR count). The van der Waals surface area contributed by atoms with Gasteiger partial charge < -0.3 is 16.0 Å². The summed E-state index contributed by atoms with van der Waals surface area (Å²) in [6.45, 7) is 2.79. The molecular weight excluding hydrogens is 299 g/mol. The smallest absolute Gasteiger partial charge is 0.317 e. The van der Waals surface area contributed by atoms with Crippen molar-refractivity contribution in [3.8, 4) is 0 Å². The molecule has 0 aromatic heterocycles. The molecule has 23 heavy (non-hydrogen) atoms. The van der Waals surface area contributed by atoms with E-state index in [9.17, 15) is 14.0 Å². The molecule has 124 valence electrons. The molecule has 0 spiro atoms. The minimum absolute atomic E-state index is 0.00608. The quantitative estimate of drug-likeness (QED) is 0.863. The SMILES string of the molecule is NC(=O)[C@H](c1ccc(F)cc1)N1CCC(N2CCNC2=O)CC1. The molecule has 3 amide bonds. The van der Waals surface area contributed by atoms with Gasteiger partial charge >= 0.3 is 6.03 Å². The molecule has 7 heteroatoms. The zero-order chi connectivity index (χ0) is 16.4. The maximum absolute atomic E-state index is 13.1. The molecule has 1 aromatic carbocycles. The number of primary amides is 1. The van der Waals surface area contributed by atoms with Crippen molar-refractivity contribution in [3.63, 3.8) is 0 Å². The van der Waals surface area contributed by atoms with Gasteiger partial charge in [-0.3, -0.25) is 9.69 Å². The Balaban J connectivity index is 1.67. The number of halogens is 1. The van der Waals surface area contributed by atoms with Gasteiger partial charge in [0.15, 0.2) is 0 Å². The van der Waals surface area contributed by atoms with E-state index in [1.165, 1.54) is 12.1 Å². The van der Waals surface area contributed by atoms with Gasteiger partial charge in [0.25, 0.3) is 0 Å². The molecule has 3 N–H and O–H groups in total. The van der Waals surface area contributed by atoms with Crippen LogP contribution in [-0.4, -0.2) is 54.0 Å². The molecule has 2 aliphatic heterocycles. The van der Waals surface area contributed by atoms with Gasteiger partial charge in [0.2, 0.25) is 5.91 Å². The number of amides is 3. The predicted octanol–water partition coefficient (Wildman–Crippen LogP) is 0.842. The van der Waals surface area contributed by atoms with E-state index in [2.05, 4.69) is 5.32 Å². The van der Waals surface area contributed by atoms with Crippen LogP contribution >= 0.6 is 0 Å². The van der Waals surface area contributed by atoms with E-state index in [1.54, 1.807) is 12.1 Å². The summed E-state index contributed by atoms with van der Waals surface area (Å²) in [7, 11) is 0. The van der Waals surface area contributed by atoms with E-state index < -0.39 is 11.9 Å². The maximum Gasteiger partial charge on any atom is 0.317 e. The molecule has 1 aromatic rings. The third kappa shape index (κ3) is 3.29. The largest absolute Gasteiger partial charge is 0.368 e. The van der Waals surface area contributed by atoms with Crippen LogP contribution in [0.5, 0.6) is 0 Å². The molecule has 2 heterocycles. The van der Waals surface area contributed by atoms with Crippen molar-refractivity contribution >= 4 is 11.9 Å². The summed E-state index contributed by atoms with van der Waals surface area (Å²) in [4.78, 5) is 27.5. The second-order valence-corrected chi connectivity index (χ2v) is 6.05. The van der Waals surface area contributed by atoms with Gasteiger partial charge in [-0.15, -0.1) is 0 Å². The third-order valence-corrected chi connectivity index (χ3v) is 4.65. The number of nitrogens with zero attached hydrogens (tertiary/aromatic N) is 2. The standard InChI is InChI=1S/C16H21FN4O2/c17-12-3-1-11(2-4-12)14(15(18)22)20-8-5-13(6-9-20)21-10-7-19-16(21)23/h1-4,13-14H,5-10H2,(H2,18,22)(H,19,23)/t14-/m0/s1. The van der Waals surface area contributed by atoms with Gasteiger partial charge in [-0.1, -0.05) is 12.1 Å². The summed E-state index contributed by atoms with van der Waals surface area (Å²) in [5.41, 5.74) is 6.27. The number of carbonyl (C=O) groups excluding carboxylic acids is 2. The Bertz CT molecular complexity index is 584. The second-order valence-electron chi connectivity index (χ2n) is 6.05. The van der Waals surface area contributed by atoms with Gasteiger partial charge in [0, 0.05) is 32.2 Å². The van der Waals surface area contributed by atoms with Gasteiger partial charge in [-0.2, -0.15) is 0 Å². The van der Waals surface area contributed by atoms with Crippen molar-refractivity contribution in [3.05, 3.63) is 35.6 Å². The van der Waals surface area contributed by atoms with E-state index >= 15 is 0 Å². The van der Waals surface area contributed by atoms with Crippen LogP contribution < -0.4 is 11.1 Å². The van der Waals surface area contributed by atoms with Gasteiger partial charge in [0.1, 0.15) is 11.9 Å². The fourth-order valence-corrected chi connectivity index (χ4v) is 3.49. The Morgan fingerprint density at radius 3 is 2.39 bits per heavy atom. The number of hydrogen-bond acceptors (Lipinski definition) is 3. The normalized spacial score (nSPS) is 21.3. The highest BCUT2D eigenvalue weighted by Gasteiger charge is 2.34. The minimum Gasteiger partial charge on any atom is -0.368 e. The molecule has 0 unspecified atom stereocenters. The monoisotopic (exact) mass is 320 g/mol. The number of nitrogens with one attached hydrogen (secondary N) is 1. The topological polar surface area (TPSA) is 78.7 Å². The molecule has 6 nitrogen and oxygen atoms in total. The molecular formula is C16H21FN4O2. The Hall–Kier alpha value is -2.15. The van der Waals surface area contributed by atoms with Crippen LogP contribution in [0.2, 0.25) is 0 Å². The fourth-order valence-electron chi connectivity index (χ4n) is 3.49. The Kier molecular flexibility index (Phi) is 4.47. The molecule has 1 atom stereocenters. The van der Waals surface area contributed by atoms with E-state index in [-0.39, 0.29) is 17.9 Å². The average molecular weight is 320 g/mol. The van der Waals surface area contributed by atoms with Crippen LogP contribution in [0, 0.1) is 5.82 Å². The molecule has 2 saturated heterocycles. The van der Waals surface area contributed by atoms with Crippen LogP contribution in [0.1, 0.15) is 24.4 Å². The lowest BCUT2D eigenvalue weighted by Gasteiger charge is -2.39. The van der Waals surface area contributed by atoms with Crippen LogP contribution in [0.25, 0.3) is 0 Å². The maximum atomic E-state index is 13.1. The summed E-state index contributed by atoms with van der Waals surface area (Å²) in [6.07, 6.45) is 1.61. The predicted molar refractivity (Wildman–Crippen MR) is 83.0 cm³/mol. The number of urea groups is 1. The number of likely N-dealkylation sites (tertiary alicyclic amines) is 1. The highest BCUT2D eigenvalue weighted by molar-refractivity contribution is 5.81. The summed E-state index contributed by atoms with van der Waals surface area (Å²) < 4.78 is 13.1. The minimum atomic E-state index is -0.552. The van der Waals surface area contributed by atoms with Crippen molar-refractivity contribution in [1.29, 1.82) is 0 Å². The number of nitrogens with two attached hydrogens (primary N) is 1. The van der Waals surface area contributed by atoms with Crippen molar-refractivity contribution in [1.82, 2.24) is 15.1 Å². The second kappa shape index (κ2) is 6.54. The molecule has 0 radical (unpaired) electrons. The van der Waals surface area contributed by atoms with Gasteiger partial charge in [-0.25, -0.2) is 9.18 Å². The van der Waals surface area contributed by atoms with E-state index in [0.717, 1.165) is 19.4 Å². The molecule has 2 aliphatic rings. The first-order valence-corrected chi connectivity index (χ1v) is 7.89. The summed E-state index contributed by atoms with van der Waals surface area (Å²) in [5.74, 6) is -0.773. The zero-order valence-corrected chi connectivity index (χ0v) is 12.9. The van der Waals surface area contributed by atoms with Gasteiger partial charge in [0.05, 0.1) is 0 Å². The van der Waals surface area contributed by atoms with Crippen LogP contribution in [0.15, 0.2) is 24.3 Å². The number of piperidine rings is 1. The van der Waals surface area contributed by atoms with Crippen LogP contribution in [0.3, 0.4) is 0 Å². The molecule has 2 fully saturated rings. The van der Waals surface area contributed by atoms with E-state index in [1.807, 2.05) is 9.80 Å². The number of carbonyl (C=O) groups is 2.